The fraction of sp³-hybridized carbons (Fsp3) is 0.176. The van der Waals surface area contributed by atoms with Crippen molar-refractivity contribution < 1.29 is 19.1 Å². The second kappa shape index (κ2) is 6.70. The molecule has 1 unspecified atom stereocenters. The summed E-state index contributed by atoms with van der Waals surface area (Å²) in [6.07, 6.45) is 0.100. The second-order valence-electron chi connectivity index (χ2n) is 4.54. The molecule has 0 spiro atoms. The van der Waals surface area contributed by atoms with Crippen molar-refractivity contribution in [1.29, 1.82) is 0 Å². The van der Waals surface area contributed by atoms with E-state index in [1.54, 1.807) is 62.6 Å². The van der Waals surface area contributed by atoms with Crippen LogP contribution < -0.4 is 9.47 Å². The minimum absolute atomic E-state index is 0.130. The predicted octanol–water partition coefficient (Wildman–Crippen LogP) is 3.16. The molecule has 21 heavy (non-hydrogen) atoms. The van der Waals surface area contributed by atoms with E-state index in [4.69, 9.17) is 9.47 Å². The van der Waals surface area contributed by atoms with Gasteiger partial charge in [-0.2, -0.15) is 0 Å². The van der Waals surface area contributed by atoms with Crippen LogP contribution in [-0.4, -0.2) is 25.3 Å². The molecule has 0 radical (unpaired) electrons. The van der Waals surface area contributed by atoms with Crippen LogP contribution in [0.15, 0.2) is 48.5 Å². The zero-order valence-electron chi connectivity index (χ0n) is 11.9. The zero-order chi connectivity index (χ0) is 15.2. The van der Waals surface area contributed by atoms with Crippen LogP contribution >= 0.6 is 0 Å². The number of ketones is 1. The third-order valence-corrected chi connectivity index (χ3v) is 3.05. The van der Waals surface area contributed by atoms with Crippen molar-refractivity contribution in [2.45, 2.75) is 13.0 Å². The molecule has 0 bridgehead atoms. The van der Waals surface area contributed by atoms with Crippen LogP contribution in [0.3, 0.4) is 0 Å². The molecule has 0 saturated carbocycles. The average Bonchev–Trinajstić information content (AvgIpc) is 2.54. The van der Waals surface area contributed by atoms with Crippen molar-refractivity contribution in [2.24, 2.45) is 0 Å². The summed E-state index contributed by atoms with van der Waals surface area (Å²) in [5, 5.41) is 0. The van der Waals surface area contributed by atoms with Crippen LogP contribution in [-0.2, 0) is 0 Å². The van der Waals surface area contributed by atoms with Gasteiger partial charge in [-0.3, -0.25) is 9.59 Å². The monoisotopic (exact) mass is 284 g/mol. The molecule has 2 rings (SSSR count). The van der Waals surface area contributed by atoms with Crippen LogP contribution in [0.1, 0.15) is 27.6 Å². The number of carbonyl (C=O) groups is 2. The van der Waals surface area contributed by atoms with Crippen molar-refractivity contribution in [3.8, 4) is 11.5 Å². The van der Waals surface area contributed by atoms with E-state index in [9.17, 15) is 9.59 Å². The Kier molecular flexibility index (Phi) is 4.72. The quantitative estimate of drug-likeness (QED) is 0.604. The number of Topliss-reactive ketones (excluding diaryl/α,β-unsaturated/α-hetero) is 1. The van der Waals surface area contributed by atoms with Gasteiger partial charge >= 0.3 is 0 Å². The summed E-state index contributed by atoms with van der Waals surface area (Å²) in [6.45, 7) is 1.68. The normalized spacial score (nSPS) is 11.5. The van der Waals surface area contributed by atoms with Gasteiger partial charge in [-0.1, -0.05) is 12.1 Å². The van der Waals surface area contributed by atoms with Crippen LogP contribution in [0.2, 0.25) is 0 Å². The molecular formula is C17H16O4. The van der Waals surface area contributed by atoms with E-state index >= 15 is 0 Å². The van der Waals surface area contributed by atoms with E-state index in [1.165, 1.54) is 0 Å². The van der Waals surface area contributed by atoms with Crippen molar-refractivity contribution in [3.63, 3.8) is 0 Å². The maximum atomic E-state index is 12.3. The lowest BCUT2D eigenvalue weighted by molar-refractivity contribution is 0.0818. The van der Waals surface area contributed by atoms with E-state index in [-0.39, 0.29) is 5.78 Å². The van der Waals surface area contributed by atoms with E-state index in [2.05, 4.69) is 0 Å². The third-order valence-electron chi connectivity index (χ3n) is 3.05. The summed E-state index contributed by atoms with van der Waals surface area (Å²) < 4.78 is 10.6. The molecule has 0 saturated heterocycles. The second-order valence-corrected chi connectivity index (χ2v) is 4.54. The molecule has 0 N–H and O–H groups in total. The van der Waals surface area contributed by atoms with E-state index in [1.807, 2.05) is 0 Å². The highest BCUT2D eigenvalue weighted by molar-refractivity contribution is 5.99. The van der Waals surface area contributed by atoms with Crippen LogP contribution in [0.5, 0.6) is 11.5 Å². The maximum Gasteiger partial charge on any atom is 0.202 e. The molecule has 0 aliphatic rings. The lowest BCUT2D eigenvalue weighted by Gasteiger charge is -2.14. The highest BCUT2D eigenvalue weighted by atomic mass is 16.5. The number of ether oxygens (including phenoxy) is 2. The van der Waals surface area contributed by atoms with Gasteiger partial charge in [0.25, 0.3) is 0 Å². The fourth-order valence-corrected chi connectivity index (χ4v) is 1.91. The number of aldehydes is 1. The Hall–Kier alpha value is -2.62. The fourth-order valence-electron chi connectivity index (χ4n) is 1.91. The Morgan fingerprint density at radius 2 is 1.81 bits per heavy atom. The Labute approximate surface area is 123 Å². The van der Waals surface area contributed by atoms with Gasteiger partial charge in [-0.15, -0.1) is 0 Å². The van der Waals surface area contributed by atoms with Crippen molar-refractivity contribution in [3.05, 3.63) is 59.7 Å². The lowest BCUT2D eigenvalue weighted by atomic mass is 10.1. The number of hydrogen-bond acceptors (Lipinski definition) is 4. The highest BCUT2D eigenvalue weighted by Gasteiger charge is 2.17. The van der Waals surface area contributed by atoms with Crippen LogP contribution in [0, 0.1) is 0 Å². The smallest absolute Gasteiger partial charge is 0.202 e. The molecule has 108 valence electrons. The SMILES string of the molecule is COc1ccc(C(=O)C(C)Oc2cccc(C=O)c2)cc1. The summed E-state index contributed by atoms with van der Waals surface area (Å²) in [5.41, 5.74) is 1.06. The van der Waals surface area contributed by atoms with Gasteiger partial charge in [0.15, 0.2) is 6.10 Å². The summed E-state index contributed by atoms with van der Waals surface area (Å²) in [4.78, 5) is 23.0. The first-order valence-corrected chi connectivity index (χ1v) is 6.54. The Bertz CT molecular complexity index is 631. The Morgan fingerprint density at radius 1 is 1.10 bits per heavy atom. The summed E-state index contributed by atoms with van der Waals surface area (Å²) in [6, 6.07) is 13.6. The van der Waals surface area contributed by atoms with Gasteiger partial charge in [0.1, 0.15) is 17.8 Å². The maximum absolute atomic E-state index is 12.3. The van der Waals surface area contributed by atoms with Crippen LogP contribution in [0.25, 0.3) is 0 Å². The van der Waals surface area contributed by atoms with Crippen molar-refractivity contribution in [1.82, 2.24) is 0 Å². The molecule has 0 fully saturated rings. The minimum atomic E-state index is -0.639. The molecule has 0 aromatic heterocycles. The largest absolute Gasteiger partial charge is 0.497 e. The van der Waals surface area contributed by atoms with Gasteiger partial charge in [0.2, 0.25) is 5.78 Å². The molecule has 2 aromatic carbocycles. The Balaban J connectivity index is 2.09. The molecule has 4 heteroatoms. The van der Waals surface area contributed by atoms with Gasteiger partial charge in [0.05, 0.1) is 7.11 Å². The predicted molar refractivity (Wildman–Crippen MR) is 79.2 cm³/mol. The molecule has 0 heterocycles. The third kappa shape index (κ3) is 3.69. The van der Waals surface area contributed by atoms with E-state index in [0.29, 0.717) is 22.6 Å². The zero-order valence-corrected chi connectivity index (χ0v) is 11.9. The van der Waals surface area contributed by atoms with Crippen LogP contribution in [0.4, 0.5) is 0 Å². The van der Waals surface area contributed by atoms with Gasteiger partial charge in [-0.05, 0) is 43.3 Å². The van der Waals surface area contributed by atoms with Crippen molar-refractivity contribution >= 4 is 12.1 Å². The minimum Gasteiger partial charge on any atom is -0.497 e. The Morgan fingerprint density at radius 3 is 2.43 bits per heavy atom. The molecule has 1 atom stereocenters. The number of rotatable bonds is 6. The summed E-state index contributed by atoms with van der Waals surface area (Å²) in [5.74, 6) is 1.06. The molecular weight excluding hydrogens is 268 g/mol. The van der Waals surface area contributed by atoms with E-state index in [0.717, 1.165) is 6.29 Å². The molecule has 2 aromatic rings. The summed E-state index contributed by atoms with van der Waals surface area (Å²) >= 11 is 0. The van der Waals surface area contributed by atoms with Gasteiger partial charge in [0, 0.05) is 11.1 Å². The molecule has 4 nitrogen and oxygen atoms in total. The first-order chi connectivity index (χ1) is 10.1. The topological polar surface area (TPSA) is 52.6 Å². The number of carbonyl (C=O) groups excluding carboxylic acids is 2. The number of benzene rings is 2. The lowest BCUT2D eigenvalue weighted by Crippen LogP contribution is -2.23. The number of hydrogen-bond donors (Lipinski definition) is 0. The molecule has 0 amide bonds. The first-order valence-electron chi connectivity index (χ1n) is 6.54. The average molecular weight is 284 g/mol. The van der Waals surface area contributed by atoms with Crippen molar-refractivity contribution in [2.75, 3.05) is 7.11 Å². The van der Waals surface area contributed by atoms with Gasteiger partial charge < -0.3 is 9.47 Å². The first kappa shape index (κ1) is 14.8. The number of methoxy groups -OCH3 is 1. The summed E-state index contributed by atoms with van der Waals surface area (Å²) in [7, 11) is 1.57. The molecule has 0 aliphatic heterocycles. The standard InChI is InChI=1S/C17H16O4/c1-12(21-16-5-3-4-13(10-16)11-18)17(19)14-6-8-15(20-2)9-7-14/h3-12H,1-2H3. The van der Waals surface area contributed by atoms with Gasteiger partial charge in [-0.25, -0.2) is 0 Å². The highest BCUT2D eigenvalue weighted by Crippen LogP contribution is 2.17. The van der Waals surface area contributed by atoms with E-state index < -0.39 is 6.10 Å². The molecule has 0 aliphatic carbocycles.